The second kappa shape index (κ2) is 11.0. The number of ether oxygens (including phenoxy) is 1. The Kier molecular flexibility index (Phi) is 7.03. The van der Waals surface area contributed by atoms with E-state index in [1.807, 2.05) is 70.2 Å². The van der Waals surface area contributed by atoms with E-state index in [0.717, 1.165) is 75.8 Å². The third-order valence-corrected chi connectivity index (χ3v) is 9.70. The van der Waals surface area contributed by atoms with E-state index >= 15 is 0 Å². The maximum atomic E-state index is 14.1. The summed E-state index contributed by atoms with van der Waals surface area (Å²) in [6.45, 7) is 2.02. The van der Waals surface area contributed by atoms with Crippen molar-refractivity contribution in [1.29, 1.82) is 0 Å². The molecule has 210 valence electrons. The Morgan fingerprint density at radius 1 is 1.05 bits per heavy atom. The number of rotatable bonds is 6. The molecule has 41 heavy (non-hydrogen) atoms. The van der Waals surface area contributed by atoms with Gasteiger partial charge in [-0.2, -0.15) is 0 Å². The number of amides is 2. The highest BCUT2D eigenvalue weighted by atomic mass is 79.9. The molecule has 4 aromatic rings. The standard InChI is InChI=1S/C33H33BrN4O3/c34-27-10-11-29(41-21-22-12-15-36-17-14-35-30(36)18-22)31-26(27)13-16-38(32(39)23-6-2-1-3-7-23)28(31)20-37-19-24-8-4-5-9-25(24)33(37)40/h4-5,8-12,14-15,17-18,23,28H,1-3,6-7,13,16,19-21H2/t28-/m1/s1. The molecule has 2 aliphatic heterocycles. The molecule has 0 unspecified atom stereocenters. The molecule has 4 heterocycles. The summed E-state index contributed by atoms with van der Waals surface area (Å²) < 4.78 is 9.52. The molecule has 1 fully saturated rings. The average molecular weight is 614 g/mol. The minimum atomic E-state index is -0.284. The van der Waals surface area contributed by atoms with Gasteiger partial charge in [0.05, 0.1) is 6.04 Å². The number of imidazole rings is 1. The number of nitrogens with zero attached hydrogens (tertiary/aromatic N) is 4. The summed E-state index contributed by atoms with van der Waals surface area (Å²) in [5, 5.41) is 0. The zero-order chi connectivity index (χ0) is 27.9. The van der Waals surface area contributed by atoms with Crippen LogP contribution < -0.4 is 4.74 Å². The van der Waals surface area contributed by atoms with Gasteiger partial charge in [-0.15, -0.1) is 0 Å². The fourth-order valence-electron chi connectivity index (χ4n) is 6.82. The highest BCUT2D eigenvalue weighted by Crippen LogP contribution is 2.43. The molecule has 8 heteroatoms. The predicted octanol–water partition coefficient (Wildman–Crippen LogP) is 6.34. The van der Waals surface area contributed by atoms with Crippen molar-refractivity contribution in [3.63, 3.8) is 0 Å². The Labute approximate surface area is 248 Å². The van der Waals surface area contributed by atoms with Crippen LogP contribution in [0.15, 0.2) is 71.6 Å². The Balaban J connectivity index is 1.24. The molecule has 0 bridgehead atoms. The third-order valence-electron chi connectivity index (χ3n) is 8.96. The van der Waals surface area contributed by atoms with Crippen molar-refractivity contribution in [3.8, 4) is 5.75 Å². The van der Waals surface area contributed by atoms with Crippen LogP contribution in [-0.2, 0) is 24.4 Å². The van der Waals surface area contributed by atoms with Crippen LogP contribution >= 0.6 is 15.9 Å². The van der Waals surface area contributed by atoms with Crippen LogP contribution in [0.2, 0.25) is 0 Å². The van der Waals surface area contributed by atoms with Gasteiger partial charge in [0, 0.05) is 59.7 Å². The molecule has 7 nitrogen and oxygen atoms in total. The second-order valence-corrected chi connectivity index (χ2v) is 12.3. The van der Waals surface area contributed by atoms with Crippen LogP contribution in [0.3, 0.4) is 0 Å². The Morgan fingerprint density at radius 2 is 1.90 bits per heavy atom. The molecule has 0 saturated heterocycles. The Bertz CT molecular complexity index is 1630. The van der Waals surface area contributed by atoms with Crippen molar-refractivity contribution < 1.29 is 14.3 Å². The topological polar surface area (TPSA) is 67.2 Å². The van der Waals surface area contributed by atoms with E-state index in [-0.39, 0.29) is 23.8 Å². The first-order valence-corrected chi connectivity index (χ1v) is 15.4. The van der Waals surface area contributed by atoms with Gasteiger partial charge in [0.2, 0.25) is 5.91 Å². The number of carbonyl (C=O) groups excluding carboxylic acids is 2. The molecule has 2 aromatic heterocycles. The monoisotopic (exact) mass is 612 g/mol. The van der Waals surface area contributed by atoms with Gasteiger partial charge in [-0.1, -0.05) is 53.4 Å². The molecular formula is C33H33BrN4O3. The second-order valence-electron chi connectivity index (χ2n) is 11.4. The van der Waals surface area contributed by atoms with Crippen molar-refractivity contribution >= 4 is 33.4 Å². The summed E-state index contributed by atoms with van der Waals surface area (Å²) in [4.78, 5) is 35.9. The van der Waals surface area contributed by atoms with E-state index in [1.165, 1.54) is 6.42 Å². The van der Waals surface area contributed by atoms with Gasteiger partial charge in [0.25, 0.3) is 5.91 Å². The normalized spacial score (nSPS) is 19.0. The molecule has 7 rings (SSSR count). The molecule has 2 aromatic carbocycles. The summed E-state index contributed by atoms with van der Waals surface area (Å²) in [5.74, 6) is 1.07. The minimum absolute atomic E-state index is 0.0308. The minimum Gasteiger partial charge on any atom is -0.489 e. The van der Waals surface area contributed by atoms with Gasteiger partial charge < -0.3 is 18.9 Å². The largest absolute Gasteiger partial charge is 0.489 e. The third kappa shape index (κ3) is 4.92. The summed E-state index contributed by atoms with van der Waals surface area (Å²) in [6.07, 6.45) is 11.7. The van der Waals surface area contributed by atoms with E-state index in [9.17, 15) is 9.59 Å². The van der Waals surface area contributed by atoms with Gasteiger partial charge in [-0.3, -0.25) is 9.59 Å². The van der Waals surface area contributed by atoms with Crippen LogP contribution in [0.25, 0.3) is 5.65 Å². The molecule has 0 spiro atoms. The number of pyridine rings is 1. The zero-order valence-corrected chi connectivity index (χ0v) is 24.6. The molecule has 1 atom stereocenters. The quantitative estimate of drug-likeness (QED) is 0.255. The van der Waals surface area contributed by atoms with Crippen molar-refractivity contribution in [2.75, 3.05) is 13.1 Å². The number of hydrogen-bond acceptors (Lipinski definition) is 4. The van der Waals surface area contributed by atoms with E-state index in [1.54, 1.807) is 6.20 Å². The first kappa shape index (κ1) is 26.3. The fraction of sp³-hybridized carbons (Fsp3) is 0.364. The summed E-state index contributed by atoms with van der Waals surface area (Å²) in [5.41, 5.74) is 5.87. The van der Waals surface area contributed by atoms with Crippen LogP contribution in [0, 0.1) is 5.92 Å². The zero-order valence-electron chi connectivity index (χ0n) is 23.0. The highest BCUT2D eigenvalue weighted by Gasteiger charge is 2.40. The van der Waals surface area contributed by atoms with E-state index in [0.29, 0.717) is 26.2 Å². The smallest absolute Gasteiger partial charge is 0.254 e. The van der Waals surface area contributed by atoms with Gasteiger partial charge in [0.1, 0.15) is 18.0 Å². The first-order valence-electron chi connectivity index (χ1n) is 14.6. The number of benzene rings is 2. The van der Waals surface area contributed by atoms with Crippen molar-refractivity contribution in [3.05, 3.63) is 99.4 Å². The van der Waals surface area contributed by atoms with Crippen molar-refractivity contribution in [1.82, 2.24) is 19.2 Å². The molecule has 1 aliphatic carbocycles. The highest BCUT2D eigenvalue weighted by molar-refractivity contribution is 9.10. The van der Waals surface area contributed by atoms with Crippen molar-refractivity contribution in [2.24, 2.45) is 5.92 Å². The van der Waals surface area contributed by atoms with Gasteiger partial charge >= 0.3 is 0 Å². The lowest BCUT2D eigenvalue weighted by Crippen LogP contribution is -2.48. The summed E-state index contributed by atoms with van der Waals surface area (Å²) >= 11 is 3.79. The number of carbonyl (C=O) groups is 2. The molecule has 2 amide bonds. The Hall–Kier alpha value is -3.65. The SMILES string of the molecule is O=C1c2ccccc2CN1C[C@@H]1c2c(OCc3ccn4ccnc4c3)ccc(Br)c2CCN1C(=O)C1CCCCC1. The molecule has 0 radical (unpaired) electrons. The summed E-state index contributed by atoms with van der Waals surface area (Å²) in [7, 11) is 0. The van der Waals surface area contributed by atoms with E-state index in [2.05, 4.69) is 25.8 Å². The number of fused-ring (bicyclic) bond motifs is 3. The van der Waals surface area contributed by atoms with Gasteiger partial charge in [0.15, 0.2) is 0 Å². The lowest BCUT2D eigenvalue weighted by atomic mass is 9.85. The average Bonchev–Trinajstić information content (AvgIpc) is 3.61. The number of halogens is 1. The Morgan fingerprint density at radius 3 is 2.76 bits per heavy atom. The molecule has 3 aliphatic rings. The van der Waals surface area contributed by atoms with Gasteiger partial charge in [-0.05, 0) is 66.3 Å². The van der Waals surface area contributed by atoms with Crippen LogP contribution in [0.5, 0.6) is 5.75 Å². The number of aromatic nitrogens is 2. The van der Waals surface area contributed by atoms with Crippen LogP contribution in [0.4, 0.5) is 0 Å². The van der Waals surface area contributed by atoms with E-state index < -0.39 is 0 Å². The maximum absolute atomic E-state index is 14.1. The molecule has 0 N–H and O–H groups in total. The lowest BCUT2D eigenvalue weighted by Gasteiger charge is -2.42. The van der Waals surface area contributed by atoms with Crippen molar-refractivity contribution in [2.45, 2.75) is 57.7 Å². The maximum Gasteiger partial charge on any atom is 0.254 e. The molecular weight excluding hydrogens is 580 g/mol. The first-order chi connectivity index (χ1) is 20.1. The van der Waals surface area contributed by atoms with Crippen LogP contribution in [-0.4, -0.2) is 44.1 Å². The fourth-order valence-corrected chi connectivity index (χ4v) is 7.36. The number of hydrogen-bond donors (Lipinski definition) is 0. The molecule has 1 saturated carbocycles. The summed E-state index contributed by atoms with van der Waals surface area (Å²) in [6, 6.07) is 15.6. The van der Waals surface area contributed by atoms with E-state index in [4.69, 9.17) is 4.74 Å². The lowest BCUT2D eigenvalue weighted by molar-refractivity contribution is -0.140. The van der Waals surface area contributed by atoms with Gasteiger partial charge in [-0.25, -0.2) is 4.98 Å². The predicted molar refractivity (Wildman–Crippen MR) is 160 cm³/mol. The van der Waals surface area contributed by atoms with Crippen LogP contribution in [0.1, 0.15) is 70.8 Å².